The van der Waals surface area contributed by atoms with E-state index in [2.05, 4.69) is 21.3 Å². The second-order valence-corrected chi connectivity index (χ2v) is 5.69. The van der Waals surface area contributed by atoms with Crippen LogP contribution in [0.25, 0.3) is 0 Å². The number of nitrogens with one attached hydrogen (secondary N) is 4. The largest absolute Gasteiger partial charge is 0.480 e. The minimum Gasteiger partial charge on any atom is -0.480 e. The SMILES string of the molecule is CC(NC(=O)C(C)NC(=O)C1CCCN1)C(=O)NC(CO)C(=O)O. The van der Waals surface area contributed by atoms with E-state index in [1.54, 1.807) is 0 Å². The van der Waals surface area contributed by atoms with Crippen molar-refractivity contribution < 1.29 is 29.4 Å². The molecule has 1 aliphatic rings. The molecule has 0 aromatic heterocycles. The summed E-state index contributed by atoms with van der Waals surface area (Å²) in [5, 5.41) is 27.7. The molecule has 0 radical (unpaired) electrons. The van der Waals surface area contributed by atoms with Gasteiger partial charge in [0.05, 0.1) is 12.6 Å². The monoisotopic (exact) mass is 344 g/mol. The summed E-state index contributed by atoms with van der Waals surface area (Å²) in [6.07, 6.45) is 1.60. The van der Waals surface area contributed by atoms with Crippen LogP contribution in [-0.2, 0) is 19.2 Å². The Balaban J connectivity index is 2.45. The van der Waals surface area contributed by atoms with Gasteiger partial charge in [-0.15, -0.1) is 0 Å². The average molecular weight is 344 g/mol. The predicted molar refractivity (Wildman–Crippen MR) is 82.9 cm³/mol. The number of aliphatic hydroxyl groups excluding tert-OH is 1. The number of hydrogen-bond donors (Lipinski definition) is 6. The number of aliphatic carboxylic acids is 1. The number of aliphatic hydroxyl groups is 1. The van der Waals surface area contributed by atoms with Gasteiger partial charge in [0.25, 0.3) is 0 Å². The highest BCUT2D eigenvalue weighted by Crippen LogP contribution is 2.04. The topological polar surface area (TPSA) is 157 Å². The molecule has 0 spiro atoms. The Kier molecular flexibility index (Phi) is 7.59. The van der Waals surface area contributed by atoms with Gasteiger partial charge in [0.15, 0.2) is 0 Å². The summed E-state index contributed by atoms with van der Waals surface area (Å²) in [6.45, 7) is 2.85. The molecule has 1 fully saturated rings. The fourth-order valence-electron chi connectivity index (χ4n) is 2.17. The van der Waals surface area contributed by atoms with E-state index in [4.69, 9.17) is 10.2 Å². The molecule has 1 heterocycles. The lowest BCUT2D eigenvalue weighted by Gasteiger charge is -2.21. The van der Waals surface area contributed by atoms with Crippen molar-refractivity contribution >= 4 is 23.7 Å². The van der Waals surface area contributed by atoms with Crippen molar-refractivity contribution in [1.82, 2.24) is 21.3 Å². The quantitative estimate of drug-likeness (QED) is 0.280. The molecule has 10 heteroatoms. The Labute approximate surface area is 139 Å². The molecule has 6 N–H and O–H groups in total. The van der Waals surface area contributed by atoms with Crippen LogP contribution in [-0.4, -0.2) is 71.2 Å². The molecule has 24 heavy (non-hydrogen) atoms. The maximum atomic E-state index is 12.0. The number of carbonyl (C=O) groups is 4. The summed E-state index contributed by atoms with van der Waals surface area (Å²) in [6, 6.07) is -3.62. The smallest absolute Gasteiger partial charge is 0.328 e. The van der Waals surface area contributed by atoms with Gasteiger partial charge in [-0.1, -0.05) is 0 Å². The van der Waals surface area contributed by atoms with E-state index in [-0.39, 0.29) is 11.9 Å². The molecule has 4 atom stereocenters. The van der Waals surface area contributed by atoms with Crippen molar-refractivity contribution in [2.75, 3.05) is 13.2 Å². The summed E-state index contributed by atoms with van der Waals surface area (Å²) < 4.78 is 0. The molecule has 0 bridgehead atoms. The minimum atomic E-state index is -1.44. The fourth-order valence-corrected chi connectivity index (χ4v) is 2.17. The Bertz CT molecular complexity index is 492. The summed E-state index contributed by atoms with van der Waals surface area (Å²) in [7, 11) is 0. The Morgan fingerprint density at radius 3 is 2.17 bits per heavy atom. The molecule has 0 aromatic carbocycles. The van der Waals surface area contributed by atoms with Gasteiger partial charge in [0, 0.05) is 0 Å². The standard InChI is InChI=1S/C14H24N4O6/c1-7(17-13(22)9-4-3-5-15-9)11(20)16-8(2)12(21)18-10(6-19)14(23)24/h7-10,15,19H,3-6H2,1-2H3,(H,16,20)(H,17,22)(H,18,21)(H,23,24). The maximum absolute atomic E-state index is 12.0. The van der Waals surface area contributed by atoms with Gasteiger partial charge in [-0.3, -0.25) is 14.4 Å². The zero-order valence-electron chi connectivity index (χ0n) is 13.7. The first-order valence-corrected chi connectivity index (χ1v) is 7.74. The molecule has 0 aromatic rings. The highest BCUT2D eigenvalue weighted by Gasteiger charge is 2.27. The van der Waals surface area contributed by atoms with Crippen LogP contribution in [0.1, 0.15) is 26.7 Å². The first-order valence-electron chi connectivity index (χ1n) is 7.74. The van der Waals surface area contributed by atoms with Crippen molar-refractivity contribution in [2.24, 2.45) is 0 Å². The number of carboxylic acid groups (broad SMARTS) is 1. The van der Waals surface area contributed by atoms with Crippen molar-refractivity contribution in [3.63, 3.8) is 0 Å². The van der Waals surface area contributed by atoms with Gasteiger partial charge >= 0.3 is 5.97 Å². The highest BCUT2D eigenvalue weighted by atomic mass is 16.4. The molecule has 3 amide bonds. The van der Waals surface area contributed by atoms with Gasteiger partial charge in [-0.2, -0.15) is 0 Å². The highest BCUT2D eigenvalue weighted by molar-refractivity contribution is 5.93. The van der Waals surface area contributed by atoms with E-state index < -0.39 is 42.5 Å². The number of rotatable bonds is 8. The number of carboxylic acids is 1. The van der Waals surface area contributed by atoms with E-state index >= 15 is 0 Å². The van der Waals surface area contributed by atoms with Gasteiger partial charge < -0.3 is 31.5 Å². The Morgan fingerprint density at radius 1 is 1.08 bits per heavy atom. The van der Waals surface area contributed by atoms with Crippen molar-refractivity contribution in [1.29, 1.82) is 0 Å². The third kappa shape index (κ3) is 5.78. The van der Waals surface area contributed by atoms with Gasteiger partial charge in [0.2, 0.25) is 17.7 Å². The Hall–Kier alpha value is -2.20. The zero-order valence-corrected chi connectivity index (χ0v) is 13.7. The van der Waals surface area contributed by atoms with Crippen molar-refractivity contribution in [2.45, 2.75) is 50.9 Å². The summed E-state index contributed by atoms with van der Waals surface area (Å²) >= 11 is 0. The van der Waals surface area contributed by atoms with Crippen LogP contribution < -0.4 is 21.3 Å². The summed E-state index contributed by atoms with van der Waals surface area (Å²) in [4.78, 5) is 46.5. The Morgan fingerprint density at radius 2 is 1.67 bits per heavy atom. The average Bonchev–Trinajstić information content (AvgIpc) is 3.06. The molecule has 1 saturated heterocycles. The molecular formula is C14H24N4O6. The molecule has 1 rings (SSSR count). The van der Waals surface area contributed by atoms with Crippen LogP contribution in [0.5, 0.6) is 0 Å². The number of carbonyl (C=O) groups excluding carboxylic acids is 3. The normalized spacial score (nSPS) is 20.5. The molecule has 4 unspecified atom stereocenters. The molecule has 0 aliphatic carbocycles. The lowest BCUT2D eigenvalue weighted by Crippen LogP contribution is -2.55. The van der Waals surface area contributed by atoms with E-state index in [0.717, 1.165) is 13.0 Å². The van der Waals surface area contributed by atoms with Crippen LogP contribution in [0.2, 0.25) is 0 Å². The third-order valence-corrected chi connectivity index (χ3v) is 3.68. The first kappa shape index (κ1) is 19.8. The molecule has 10 nitrogen and oxygen atoms in total. The number of hydrogen-bond acceptors (Lipinski definition) is 6. The number of amides is 3. The molecule has 1 aliphatic heterocycles. The van der Waals surface area contributed by atoms with Gasteiger partial charge in [0.1, 0.15) is 18.1 Å². The van der Waals surface area contributed by atoms with Crippen molar-refractivity contribution in [3.05, 3.63) is 0 Å². The van der Waals surface area contributed by atoms with Gasteiger partial charge in [-0.25, -0.2) is 4.79 Å². The van der Waals surface area contributed by atoms with Crippen LogP contribution in [0.15, 0.2) is 0 Å². The molecule has 136 valence electrons. The van der Waals surface area contributed by atoms with Crippen LogP contribution in [0.3, 0.4) is 0 Å². The molecule has 0 saturated carbocycles. The van der Waals surface area contributed by atoms with Crippen LogP contribution in [0, 0.1) is 0 Å². The fraction of sp³-hybridized carbons (Fsp3) is 0.714. The van der Waals surface area contributed by atoms with E-state index in [9.17, 15) is 19.2 Å². The van der Waals surface area contributed by atoms with E-state index in [1.807, 2.05) is 0 Å². The minimum absolute atomic E-state index is 0.279. The van der Waals surface area contributed by atoms with E-state index in [1.165, 1.54) is 13.8 Å². The lowest BCUT2D eigenvalue weighted by atomic mass is 10.2. The maximum Gasteiger partial charge on any atom is 0.328 e. The zero-order chi connectivity index (χ0) is 18.3. The second-order valence-electron chi connectivity index (χ2n) is 5.69. The lowest BCUT2D eigenvalue weighted by molar-refractivity contribution is -0.143. The van der Waals surface area contributed by atoms with Crippen LogP contribution in [0.4, 0.5) is 0 Å². The predicted octanol–water partition coefficient (Wildman–Crippen LogP) is -2.69. The van der Waals surface area contributed by atoms with Gasteiger partial charge in [-0.05, 0) is 33.2 Å². The second kappa shape index (κ2) is 9.18. The summed E-state index contributed by atoms with van der Waals surface area (Å²) in [5.41, 5.74) is 0. The first-order chi connectivity index (χ1) is 11.3. The van der Waals surface area contributed by atoms with Crippen molar-refractivity contribution in [3.8, 4) is 0 Å². The van der Waals surface area contributed by atoms with E-state index in [0.29, 0.717) is 6.42 Å². The molecular weight excluding hydrogens is 320 g/mol. The third-order valence-electron chi connectivity index (χ3n) is 3.68. The summed E-state index contributed by atoms with van der Waals surface area (Å²) in [5.74, 6) is -2.98. The van der Waals surface area contributed by atoms with Crippen LogP contribution >= 0.6 is 0 Å².